The fraction of sp³-hybridized carbons (Fsp3) is 0.423. The molecule has 0 spiro atoms. The summed E-state index contributed by atoms with van der Waals surface area (Å²) >= 11 is 7.64. The second-order valence-electron chi connectivity index (χ2n) is 8.37. The van der Waals surface area contributed by atoms with Gasteiger partial charge in [-0.1, -0.05) is 18.2 Å². The first-order chi connectivity index (χ1) is 16.6. The number of benzene rings is 2. The molecule has 1 aliphatic heterocycles. The Morgan fingerprint density at radius 1 is 1.21 bits per heavy atom. The van der Waals surface area contributed by atoms with Crippen LogP contribution in [0.15, 0.2) is 57.8 Å². The third-order valence-electron chi connectivity index (χ3n) is 6.19. The highest BCUT2D eigenvalue weighted by Crippen LogP contribution is 2.33. The Hall–Kier alpha value is -2.26. The second kappa shape index (κ2) is 11.9. The highest BCUT2D eigenvalue weighted by atomic mass is 32.2. The highest BCUT2D eigenvalue weighted by Gasteiger charge is 2.23. The minimum Gasteiger partial charge on any atom is -0.493 e. The fourth-order valence-electron chi connectivity index (χ4n) is 4.23. The average molecular weight is 500 g/mol. The van der Waals surface area contributed by atoms with Crippen LogP contribution >= 0.6 is 24.0 Å². The Bertz CT molecular complexity index is 1100. The van der Waals surface area contributed by atoms with Crippen LogP contribution in [-0.4, -0.2) is 67.7 Å². The van der Waals surface area contributed by atoms with Crippen molar-refractivity contribution in [2.75, 3.05) is 58.1 Å². The third kappa shape index (κ3) is 6.05. The van der Waals surface area contributed by atoms with E-state index in [2.05, 4.69) is 58.6 Å². The van der Waals surface area contributed by atoms with Crippen molar-refractivity contribution in [3.8, 4) is 5.75 Å². The van der Waals surface area contributed by atoms with Crippen LogP contribution in [0.4, 0.5) is 5.69 Å². The lowest BCUT2D eigenvalue weighted by atomic mass is 10.2. The number of ether oxygens (including phenoxy) is 2. The van der Waals surface area contributed by atoms with Crippen molar-refractivity contribution in [2.24, 2.45) is 0 Å². The highest BCUT2D eigenvalue weighted by molar-refractivity contribution is 7.98. The summed E-state index contributed by atoms with van der Waals surface area (Å²) in [6, 6.07) is 16.3. The summed E-state index contributed by atoms with van der Waals surface area (Å²) in [4.78, 5) is 5.88. The molecule has 0 aliphatic carbocycles. The number of fused-ring (bicyclic) bond motifs is 1. The average Bonchev–Trinajstić information content (AvgIpc) is 3.31. The maximum absolute atomic E-state index is 6.28. The topological polar surface area (TPSA) is 50.1 Å². The zero-order valence-corrected chi connectivity index (χ0v) is 21.7. The maximum atomic E-state index is 6.28. The summed E-state index contributed by atoms with van der Waals surface area (Å²) in [6.45, 7) is 7.59. The Labute approximate surface area is 211 Å². The van der Waals surface area contributed by atoms with Gasteiger partial charge in [-0.25, -0.2) is 0 Å². The molecule has 1 saturated heterocycles. The van der Waals surface area contributed by atoms with Crippen LogP contribution in [0.1, 0.15) is 25.1 Å². The molecule has 2 aromatic carbocycles. The first kappa shape index (κ1) is 24.9. The molecule has 1 aliphatic rings. The van der Waals surface area contributed by atoms with Crippen LogP contribution in [0.5, 0.6) is 5.75 Å². The van der Waals surface area contributed by atoms with Gasteiger partial charge >= 0.3 is 0 Å². The van der Waals surface area contributed by atoms with E-state index in [-0.39, 0.29) is 6.04 Å². The van der Waals surface area contributed by atoms with E-state index in [1.165, 1.54) is 4.90 Å². The standard InChI is InChI=1S/C26H33N3O3S2/c1-19(24-17-20-7-4-10-23(30-2)25(20)32-24)29(12-6-11-28-13-15-31-16-14-28)26(33)27-21-8-5-9-22(18-21)34-3/h4-5,7-10,17-19H,6,11-16H2,1-3H3,(H,27,33)/t19-/m1/s1. The molecular formula is C26H33N3O3S2. The van der Waals surface area contributed by atoms with Gasteiger partial charge in [0.05, 0.1) is 26.4 Å². The zero-order valence-electron chi connectivity index (χ0n) is 20.1. The largest absolute Gasteiger partial charge is 0.493 e. The van der Waals surface area contributed by atoms with Crippen molar-refractivity contribution >= 4 is 45.7 Å². The van der Waals surface area contributed by atoms with Gasteiger partial charge in [-0.15, -0.1) is 11.8 Å². The Balaban J connectivity index is 1.53. The Morgan fingerprint density at radius 3 is 2.76 bits per heavy atom. The molecule has 0 bridgehead atoms. The zero-order chi connectivity index (χ0) is 23.9. The number of thioether (sulfide) groups is 1. The Kier molecular flexibility index (Phi) is 8.72. The van der Waals surface area contributed by atoms with E-state index in [1.807, 2.05) is 18.2 Å². The van der Waals surface area contributed by atoms with E-state index in [0.29, 0.717) is 5.11 Å². The summed E-state index contributed by atoms with van der Waals surface area (Å²) in [5.74, 6) is 1.61. The molecule has 2 heterocycles. The lowest BCUT2D eigenvalue weighted by Gasteiger charge is -2.32. The maximum Gasteiger partial charge on any atom is 0.176 e. The SMILES string of the molecule is COc1cccc2cc([C@@H](C)N(CCCN3CCOCC3)C(=S)Nc3cccc(SC)c3)oc12. The molecule has 6 nitrogen and oxygen atoms in total. The second-order valence-corrected chi connectivity index (χ2v) is 9.63. The van der Waals surface area contributed by atoms with Gasteiger partial charge in [0.1, 0.15) is 5.76 Å². The molecule has 34 heavy (non-hydrogen) atoms. The number of hydrogen-bond donors (Lipinski definition) is 1. The molecule has 1 N–H and O–H groups in total. The molecule has 4 rings (SSSR count). The van der Waals surface area contributed by atoms with Crippen molar-refractivity contribution in [1.82, 2.24) is 9.80 Å². The number of thiocarbonyl (C=S) groups is 1. The van der Waals surface area contributed by atoms with Crippen LogP contribution in [0.3, 0.4) is 0 Å². The van der Waals surface area contributed by atoms with Gasteiger partial charge in [-0.2, -0.15) is 0 Å². The van der Waals surface area contributed by atoms with Gasteiger partial charge in [0.15, 0.2) is 16.4 Å². The first-order valence-corrected chi connectivity index (χ1v) is 13.3. The van der Waals surface area contributed by atoms with Crippen molar-refractivity contribution in [3.63, 3.8) is 0 Å². The lowest BCUT2D eigenvalue weighted by molar-refractivity contribution is 0.0365. The number of para-hydroxylation sites is 1. The summed E-state index contributed by atoms with van der Waals surface area (Å²) in [5.41, 5.74) is 1.76. The van der Waals surface area contributed by atoms with Gasteiger partial charge in [0.25, 0.3) is 0 Å². The first-order valence-electron chi connectivity index (χ1n) is 11.7. The smallest absolute Gasteiger partial charge is 0.176 e. The van der Waals surface area contributed by atoms with Crippen molar-refractivity contribution < 1.29 is 13.9 Å². The molecule has 0 radical (unpaired) electrons. The summed E-state index contributed by atoms with van der Waals surface area (Å²) in [6.07, 6.45) is 3.08. The van der Waals surface area contributed by atoms with Crippen molar-refractivity contribution in [3.05, 3.63) is 54.3 Å². The van der Waals surface area contributed by atoms with E-state index in [9.17, 15) is 0 Å². The van der Waals surface area contributed by atoms with Crippen molar-refractivity contribution in [2.45, 2.75) is 24.3 Å². The summed E-state index contributed by atoms with van der Waals surface area (Å²) in [5, 5.41) is 5.18. The van der Waals surface area contributed by atoms with Gasteiger partial charge in [-0.3, -0.25) is 4.90 Å². The van der Waals surface area contributed by atoms with E-state index < -0.39 is 0 Å². The molecule has 182 valence electrons. The third-order valence-corrected chi connectivity index (χ3v) is 7.25. The monoisotopic (exact) mass is 499 g/mol. The number of furan rings is 1. The van der Waals surface area contributed by atoms with Crippen LogP contribution in [0, 0.1) is 0 Å². The molecule has 0 unspecified atom stereocenters. The van der Waals surface area contributed by atoms with Gasteiger partial charge < -0.3 is 24.1 Å². The van der Waals surface area contributed by atoms with Gasteiger partial charge in [0, 0.05) is 42.1 Å². The molecule has 0 amide bonds. The predicted octanol–water partition coefficient (Wildman–Crippen LogP) is 5.65. The Morgan fingerprint density at radius 2 is 2.00 bits per heavy atom. The summed E-state index contributed by atoms with van der Waals surface area (Å²) in [7, 11) is 1.67. The fourth-order valence-corrected chi connectivity index (χ4v) is 5.06. The molecule has 8 heteroatoms. The van der Waals surface area contributed by atoms with E-state index in [1.54, 1.807) is 18.9 Å². The lowest BCUT2D eigenvalue weighted by Crippen LogP contribution is -2.41. The number of nitrogens with zero attached hydrogens (tertiary/aromatic N) is 2. The van der Waals surface area contributed by atoms with Crippen LogP contribution in [-0.2, 0) is 4.74 Å². The molecular weight excluding hydrogens is 466 g/mol. The molecule has 1 aromatic heterocycles. The number of rotatable bonds is 9. The molecule has 0 saturated carbocycles. The van der Waals surface area contributed by atoms with Crippen LogP contribution in [0.25, 0.3) is 11.0 Å². The minimum absolute atomic E-state index is 0.0365. The number of morpholine rings is 1. The molecule has 1 fully saturated rings. The number of methoxy groups -OCH3 is 1. The van der Waals surface area contributed by atoms with Gasteiger partial charge in [-0.05, 0) is 62.2 Å². The minimum atomic E-state index is -0.0365. The van der Waals surface area contributed by atoms with E-state index >= 15 is 0 Å². The van der Waals surface area contributed by atoms with Crippen LogP contribution in [0.2, 0.25) is 0 Å². The number of hydrogen-bond acceptors (Lipinski definition) is 6. The van der Waals surface area contributed by atoms with Gasteiger partial charge in [0.2, 0.25) is 0 Å². The number of anilines is 1. The normalized spacial score (nSPS) is 15.3. The quantitative estimate of drug-likeness (QED) is 0.300. The summed E-state index contributed by atoms with van der Waals surface area (Å²) < 4.78 is 17.3. The molecule has 3 aromatic rings. The van der Waals surface area contributed by atoms with E-state index in [4.69, 9.17) is 26.1 Å². The van der Waals surface area contributed by atoms with Crippen LogP contribution < -0.4 is 10.1 Å². The van der Waals surface area contributed by atoms with Crippen molar-refractivity contribution in [1.29, 1.82) is 0 Å². The number of nitrogens with one attached hydrogen (secondary N) is 1. The molecule has 1 atom stereocenters. The van der Waals surface area contributed by atoms with E-state index in [0.717, 1.165) is 74.0 Å². The predicted molar refractivity (Wildman–Crippen MR) is 144 cm³/mol.